The molecule has 1 saturated heterocycles. The summed E-state index contributed by atoms with van der Waals surface area (Å²) in [6.45, 7) is 6.42. The Bertz CT molecular complexity index is 1280. The molecule has 1 amide bonds. The molecule has 0 radical (unpaired) electrons. The number of carbonyl (C=O) groups is 1. The molecule has 0 spiro atoms. The molecule has 2 aromatic heterocycles. The fourth-order valence-corrected chi connectivity index (χ4v) is 4.90. The SMILES string of the molecule is COC(=O)Nc1ccccc1CCN1CCN(CCCc2c[nH]c3ccc(-n4cnnc4)cc23)CC1. The first-order valence-corrected chi connectivity index (χ1v) is 12.5. The number of anilines is 1. The summed E-state index contributed by atoms with van der Waals surface area (Å²) in [5, 5.41) is 11.9. The molecule has 2 N–H and O–H groups in total. The van der Waals surface area contributed by atoms with Gasteiger partial charge in [-0.05, 0) is 61.2 Å². The molecule has 5 rings (SSSR count). The van der Waals surface area contributed by atoms with Crippen molar-refractivity contribution in [3.05, 3.63) is 72.4 Å². The molecule has 2 aromatic carbocycles. The topological polar surface area (TPSA) is 91.3 Å². The number of H-pyrrole nitrogens is 1. The van der Waals surface area contributed by atoms with Crippen LogP contribution in [-0.2, 0) is 17.6 Å². The summed E-state index contributed by atoms with van der Waals surface area (Å²) >= 11 is 0. The van der Waals surface area contributed by atoms with Gasteiger partial charge in [0, 0.05) is 61.2 Å². The van der Waals surface area contributed by atoms with E-state index in [0.717, 1.165) is 75.5 Å². The van der Waals surface area contributed by atoms with Gasteiger partial charge in [0.15, 0.2) is 0 Å². The van der Waals surface area contributed by atoms with Gasteiger partial charge in [0.25, 0.3) is 0 Å². The van der Waals surface area contributed by atoms with Crippen LogP contribution >= 0.6 is 0 Å². The molecule has 9 heteroatoms. The number of hydrogen-bond donors (Lipinski definition) is 2. The monoisotopic (exact) mass is 487 g/mol. The van der Waals surface area contributed by atoms with Crippen molar-refractivity contribution in [2.75, 3.05) is 51.7 Å². The van der Waals surface area contributed by atoms with E-state index in [4.69, 9.17) is 4.74 Å². The number of para-hydroxylation sites is 1. The normalized spacial score (nSPS) is 14.8. The predicted octanol–water partition coefficient (Wildman–Crippen LogP) is 3.72. The lowest BCUT2D eigenvalue weighted by Crippen LogP contribution is -2.47. The summed E-state index contributed by atoms with van der Waals surface area (Å²) in [4.78, 5) is 20.1. The Morgan fingerprint density at radius 2 is 1.72 bits per heavy atom. The number of amides is 1. The van der Waals surface area contributed by atoms with E-state index in [0.29, 0.717) is 0 Å². The molecule has 0 unspecified atom stereocenters. The summed E-state index contributed by atoms with van der Waals surface area (Å²) in [6.07, 6.45) is 8.26. The Morgan fingerprint density at radius 3 is 2.50 bits per heavy atom. The molecule has 0 aliphatic carbocycles. The zero-order chi connectivity index (χ0) is 24.7. The molecule has 3 heterocycles. The van der Waals surface area contributed by atoms with Crippen LogP contribution in [0.5, 0.6) is 0 Å². The Kier molecular flexibility index (Phi) is 7.58. The Balaban J connectivity index is 1.07. The Morgan fingerprint density at radius 1 is 0.972 bits per heavy atom. The highest BCUT2D eigenvalue weighted by Gasteiger charge is 2.17. The maximum Gasteiger partial charge on any atom is 0.411 e. The highest BCUT2D eigenvalue weighted by atomic mass is 16.5. The van der Waals surface area contributed by atoms with Crippen molar-refractivity contribution in [2.24, 2.45) is 0 Å². The first-order valence-electron chi connectivity index (χ1n) is 12.5. The minimum absolute atomic E-state index is 0.431. The van der Waals surface area contributed by atoms with Crippen LogP contribution in [0.1, 0.15) is 17.5 Å². The van der Waals surface area contributed by atoms with Crippen molar-refractivity contribution < 1.29 is 9.53 Å². The molecule has 0 atom stereocenters. The first-order chi connectivity index (χ1) is 17.7. The molecule has 1 fully saturated rings. The zero-order valence-corrected chi connectivity index (χ0v) is 20.7. The molecule has 0 bridgehead atoms. The number of hydrogen-bond acceptors (Lipinski definition) is 6. The average Bonchev–Trinajstić information content (AvgIpc) is 3.59. The van der Waals surface area contributed by atoms with Crippen LogP contribution in [0.15, 0.2) is 61.3 Å². The average molecular weight is 488 g/mol. The molecular formula is C27H33N7O2. The lowest BCUT2D eigenvalue weighted by Gasteiger charge is -2.34. The molecule has 9 nitrogen and oxygen atoms in total. The number of nitrogens with one attached hydrogen (secondary N) is 2. The summed E-state index contributed by atoms with van der Waals surface area (Å²) in [7, 11) is 1.38. The van der Waals surface area contributed by atoms with Gasteiger partial charge in [0.05, 0.1) is 7.11 Å². The van der Waals surface area contributed by atoms with Crippen LogP contribution in [0.2, 0.25) is 0 Å². The van der Waals surface area contributed by atoms with Crippen molar-refractivity contribution in [1.82, 2.24) is 29.5 Å². The number of aryl methyl sites for hydroxylation is 1. The summed E-state index contributed by atoms with van der Waals surface area (Å²) in [6, 6.07) is 14.4. The lowest BCUT2D eigenvalue weighted by molar-refractivity contribution is 0.132. The van der Waals surface area contributed by atoms with E-state index >= 15 is 0 Å². The molecule has 188 valence electrons. The van der Waals surface area contributed by atoms with Crippen LogP contribution in [0.3, 0.4) is 0 Å². The van der Waals surface area contributed by atoms with Crippen LogP contribution in [0, 0.1) is 0 Å². The van der Waals surface area contributed by atoms with E-state index in [1.54, 1.807) is 12.7 Å². The zero-order valence-electron chi connectivity index (χ0n) is 20.7. The van der Waals surface area contributed by atoms with E-state index in [1.807, 2.05) is 22.8 Å². The highest BCUT2D eigenvalue weighted by molar-refractivity contribution is 5.86. The van der Waals surface area contributed by atoms with Crippen molar-refractivity contribution in [1.29, 1.82) is 0 Å². The van der Waals surface area contributed by atoms with Gasteiger partial charge in [-0.1, -0.05) is 18.2 Å². The number of benzene rings is 2. The second kappa shape index (κ2) is 11.4. The fraction of sp³-hybridized carbons (Fsp3) is 0.370. The number of carbonyl (C=O) groups excluding carboxylic acids is 1. The molecule has 36 heavy (non-hydrogen) atoms. The predicted molar refractivity (Wildman–Crippen MR) is 141 cm³/mol. The molecular weight excluding hydrogens is 454 g/mol. The van der Waals surface area contributed by atoms with Gasteiger partial charge in [0.1, 0.15) is 12.7 Å². The summed E-state index contributed by atoms with van der Waals surface area (Å²) in [5.74, 6) is 0. The van der Waals surface area contributed by atoms with E-state index in [1.165, 1.54) is 23.6 Å². The van der Waals surface area contributed by atoms with Crippen LogP contribution in [-0.4, -0.2) is 82.0 Å². The molecule has 1 aliphatic heterocycles. The van der Waals surface area contributed by atoms with Gasteiger partial charge in [0.2, 0.25) is 0 Å². The number of rotatable bonds is 9. The van der Waals surface area contributed by atoms with E-state index in [2.05, 4.69) is 60.8 Å². The van der Waals surface area contributed by atoms with Gasteiger partial charge in [-0.15, -0.1) is 10.2 Å². The van der Waals surface area contributed by atoms with Gasteiger partial charge in [-0.2, -0.15) is 0 Å². The molecule has 4 aromatic rings. The Labute approximate surface area is 211 Å². The lowest BCUT2D eigenvalue weighted by atomic mass is 10.1. The van der Waals surface area contributed by atoms with Crippen LogP contribution in [0.4, 0.5) is 10.5 Å². The third-order valence-corrected chi connectivity index (χ3v) is 6.99. The van der Waals surface area contributed by atoms with Gasteiger partial charge < -0.3 is 19.5 Å². The van der Waals surface area contributed by atoms with Gasteiger partial charge in [-0.25, -0.2) is 4.79 Å². The van der Waals surface area contributed by atoms with E-state index in [-0.39, 0.29) is 0 Å². The quantitative estimate of drug-likeness (QED) is 0.374. The molecule has 1 aliphatic rings. The first kappa shape index (κ1) is 24.0. The van der Waals surface area contributed by atoms with Crippen molar-refractivity contribution >= 4 is 22.7 Å². The maximum atomic E-state index is 11.6. The van der Waals surface area contributed by atoms with Crippen molar-refractivity contribution in [3.8, 4) is 5.69 Å². The van der Waals surface area contributed by atoms with Crippen molar-refractivity contribution in [3.63, 3.8) is 0 Å². The number of fused-ring (bicyclic) bond motifs is 1. The van der Waals surface area contributed by atoms with E-state index < -0.39 is 6.09 Å². The fourth-order valence-electron chi connectivity index (χ4n) is 4.90. The minimum Gasteiger partial charge on any atom is -0.453 e. The minimum atomic E-state index is -0.431. The number of aromatic nitrogens is 4. The molecule has 0 saturated carbocycles. The maximum absolute atomic E-state index is 11.6. The second-order valence-corrected chi connectivity index (χ2v) is 9.22. The highest BCUT2D eigenvalue weighted by Crippen LogP contribution is 2.23. The van der Waals surface area contributed by atoms with Gasteiger partial charge >= 0.3 is 6.09 Å². The van der Waals surface area contributed by atoms with Crippen LogP contribution < -0.4 is 5.32 Å². The number of piperazine rings is 1. The number of aromatic amines is 1. The Hall–Kier alpha value is -3.69. The smallest absolute Gasteiger partial charge is 0.411 e. The van der Waals surface area contributed by atoms with Gasteiger partial charge in [-0.3, -0.25) is 9.88 Å². The third-order valence-electron chi connectivity index (χ3n) is 6.99. The van der Waals surface area contributed by atoms with E-state index in [9.17, 15) is 4.79 Å². The summed E-state index contributed by atoms with van der Waals surface area (Å²) in [5.41, 5.74) is 5.57. The summed E-state index contributed by atoms with van der Waals surface area (Å²) < 4.78 is 6.67. The number of methoxy groups -OCH3 is 1. The third kappa shape index (κ3) is 5.75. The second-order valence-electron chi connectivity index (χ2n) is 9.22. The number of ether oxygens (including phenoxy) is 1. The van der Waals surface area contributed by atoms with Crippen LogP contribution in [0.25, 0.3) is 16.6 Å². The standard InChI is InChI=1S/C27H33N7O2/c1-36-27(35)31-25-7-3-2-5-21(25)10-12-33-15-13-32(14-16-33)11-4-6-22-18-28-26-9-8-23(17-24(22)26)34-19-29-30-20-34/h2-3,5,7-9,17-20,28H,4,6,10-16H2,1H3,(H,31,35). The van der Waals surface area contributed by atoms with Crippen molar-refractivity contribution in [2.45, 2.75) is 19.3 Å². The number of nitrogens with zero attached hydrogens (tertiary/aromatic N) is 5. The largest absolute Gasteiger partial charge is 0.453 e.